The molecule has 0 aliphatic carbocycles. The van der Waals surface area contributed by atoms with Gasteiger partial charge in [-0.15, -0.1) is 5.14 Å². The standard InChI is InChI=1S/C11H20N2O2S/c1-3-7-11(16(12)15)8-5-4-6-9-13-10(2)14/h3,7H,1,4-6,8-9,12H2,2H3,(H,13,14)/b11-7+. The van der Waals surface area contributed by atoms with Crippen molar-refractivity contribution in [3.8, 4) is 0 Å². The fourth-order valence-corrected chi connectivity index (χ4v) is 1.82. The first kappa shape index (κ1) is 15.2. The van der Waals surface area contributed by atoms with Gasteiger partial charge in [0.05, 0.1) is 11.4 Å². The van der Waals surface area contributed by atoms with E-state index in [1.54, 1.807) is 12.2 Å². The van der Waals surface area contributed by atoms with Crippen molar-refractivity contribution in [2.45, 2.75) is 32.6 Å². The average Bonchev–Trinajstić information content (AvgIpc) is 2.20. The number of carbonyl (C=O) groups is 1. The van der Waals surface area contributed by atoms with Crippen LogP contribution in [0.5, 0.6) is 0 Å². The molecule has 1 atom stereocenters. The van der Waals surface area contributed by atoms with Crippen LogP contribution in [0.25, 0.3) is 0 Å². The van der Waals surface area contributed by atoms with Gasteiger partial charge in [-0.1, -0.05) is 19.1 Å². The first-order valence-electron chi connectivity index (χ1n) is 5.30. The number of carbonyl (C=O) groups excluding carboxylic acids is 1. The molecule has 1 amide bonds. The zero-order valence-corrected chi connectivity index (χ0v) is 10.5. The zero-order valence-electron chi connectivity index (χ0n) is 9.70. The second-order valence-corrected chi connectivity index (χ2v) is 4.58. The van der Waals surface area contributed by atoms with Gasteiger partial charge in [-0.05, 0) is 18.9 Å². The lowest BCUT2D eigenvalue weighted by molar-refractivity contribution is -0.118. The van der Waals surface area contributed by atoms with E-state index in [1.165, 1.54) is 6.92 Å². The molecule has 0 aromatic rings. The molecule has 16 heavy (non-hydrogen) atoms. The lowest BCUT2D eigenvalue weighted by atomic mass is 10.2. The molecule has 0 aliphatic rings. The Morgan fingerprint density at radius 3 is 2.69 bits per heavy atom. The lowest BCUT2D eigenvalue weighted by Crippen LogP contribution is -2.20. The number of hydrogen-bond donors (Lipinski definition) is 2. The molecular formula is C11H20N2O2S. The molecule has 3 N–H and O–H groups in total. The third-order valence-corrected chi connectivity index (χ3v) is 2.89. The molecule has 0 aromatic carbocycles. The molecule has 4 nitrogen and oxygen atoms in total. The summed E-state index contributed by atoms with van der Waals surface area (Å²) in [6.45, 7) is 5.74. The second kappa shape index (κ2) is 9.45. The highest BCUT2D eigenvalue weighted by Gasteiger charge is 2.08. The van der Waals surface area contributed by atoms with Gasteiger partial charge in [-0.25, -0.2) is 0 Å². The summed E-state index contributed by atoms with van der Waals surface area (Å²) in [7, 11) is 0. The Morgan fingerprint density at radius 2 is 2.19 bits per heavy atom. The van der Waals surface area contributed by atoms with Gasteiger partial charge in [0, 0.05) is 19.9 Å². The Balaban J connectivity index is 3.60. The summed E-state index contributed by atoms with van der Waals surface area (Å²) >= 11 is -1.40. The predicted molar refractivity (Wildman–Crippen MR) is 67.8 cm³/mol. The van der Waals surface area contributed by atoms with Gasteiger partial charge in [-0.2, -0.15) is 0 Å². The van der Waals surface area contributed by atoms with Gasteiger partial charge in [0.2, 0.25) is 5.91 Å². The maximum atomic E-state index is 11.1. The van der Waals surface area contributed by atoms with E-state index in [1.807, 2.05) is 0 Å². The number of unbranched alkanes of at least 4 members (excludes halogenated alkanes) is 2. The predicted octanol–water partition coefficient (Wildman–Crippen LogP) is 1.38. The largest absolute Gasteiger partial charge is 0.593 e. The summed E-state index contributed by atoms with van der Waals surface area (Å²) in [5, 5.41) is 8.03. The van der Waals surface area contributed by atoms with Crippen LogP contribution in [0.15, 0.2) is 23.6 Å². The zero-order chi connectivity index (χ0) is 12.4. The minimum Gasteiger partial charge on any atom is -0.593 e. The third kappa shape index (κ3) is 8.52. The molecular weight excluding hydrogens is 224 g/mol. The number of allylic oxidation sites excluding steroid dienone is 3. The number of rotatable bonds is 8. The molecule has 0 aromatic heterocycles. The van der Waals surface area contributed by atoms with E-state index >= 15 is 0 Å². The van der Waals surface area contributed by atoms with Crippen molar-refractivity contribution in [2.24, 2.45) is 5.14 Å². The second-order valence-electron chi connectivity index (χ2n) is 3.46. The summed E-state index contributed by atoms with van der Waals surface area (Å²) < 4.78 is 11.1. The first-order valence-corrected chi connectivity index (χ1v) is 6.51. The fraction of sp³-hybridized carbons (Fsp3) is 0.545. The average molecular weight is 244 g/mol. The van der Waals surface area contributed by atoms with Crippen LogP contribution >= 0.6 is 0 Å². The van der Waals surface area contributed by atoms with Crippen LogP contribution in [0, 0.1) is 0 Å². The monoisotopic (exact) mass is 244 g/mol. The summed E-state index contributed by atoms with van der Waals surface area (Å²) in [6.07, 6.45) is 6.84. The van der Waals surface area contributed by atoms with Gasteiger partial charge in [0.25, 0.3) is 0 Å². The maximum absolute atomic E-state index is 11.1. The van der Waals surface area contributed by atoms with E-state index in [0.717, 1.165) is 30.6 Å². The number of nitrogens with two attached hydrogens (primary N) is 1. The quantitative estimate of drug-likeness (QED) is 0.384. The Bertz CT molecular complexity index is 252. The molecule has 0 saturated carbocycles. The Labute approximate surface area is 100 Å². The minimum absolute atomic E-state index is 0.00435. The van der Waals surface area contributed by atoms with Gasteiger partial charge in [-0.3, -0.25) is 4.79 Å². The van der Waals surface area contributed by atoms with E-state index in [0.29, 0.717) is 6.54 Å². The van der Waals surface area contributed by atoms with E-state index < -0.39 is 11.4 Å². The smallest absolute Gasteiger partial charge is 0.216 e. The van der Waals surface area contributed by atoms with Crippen LogP contribution in [-0.4, -0.2) is 17.0 Å². The number of hydrogen-bond acceptors (Lipinski definition) is 3. The van der Waals surface area contributed by atoms with Crippen LogP contribution in [0.4, 0.5) is 0 Å². The van der Waals surface area contributed by atoms with Crippen molar-refractivity contribution >= 4 is 17.3 Å². The van der Waals surface area contributed by atoms with Crippen molar-refractivity contribution < 1.29 is 9.35 Å². The van der Waals surface area contributed by atoms with E-state index in [2.05, 4.69) is 11.9 Å². The SMILES string of the molecule is C=C/C=C(\CCCCCNC(C)=O)[S+](N)[O-]. The molecule has 1 unspecified atom stereocenters. The molecule has 0 saturated heterocycles. The maximum Gasteiger partial charge on any atom is 0.216 e. The van der Waals surface area contributed by atoms with E-state index in [-0.39, 0.29) is 5.91 Å². The molecule has 5 heteroatoms. The summed E-state index contributed by atoms with van der Waals surface area (Å²) in [5.74, 6) is -0.00435. The summed E-state index contributed by atoms with van der Waals surface area (Å²) in [5.41, 5.74) is 0. The summed E-state index contributed by atoms with van der Waals surface area (Å²) in [6, 6.07) is 0. The van der Waals surface area contributed by atoms with Crippen molar-refractivity contribution in [3.63, 3.8) is 0 Å². The van der Waals surface area contributed by atoms with Gasteiger partial charge < -0.3 is 9.87 Å². The van der Waals surface area contributed by atoms with Crippen molar-refractivity contribution in [3.05, 3.63) is 23.6 Å². The van der Waals surface area contributed by atoms with Gasteiger partial charge in [0.15, 0.2) is 4.91 Å². The van der Waals surface area contributed by atoms with Crippen LogP contribution in [0.1, 0.15) is 32.6 Å². The molecule has 0 spiro atoms. The van der Waals surface area contributed by atoms with E-state index in [9.17, 15) is 9.35 Å². The van der Waals surface area contributed by atoms with Crippen LogP contribution in [0.2, 0.25) is 0 Å². The summed E-state index contributed by atoms with van der Waals surface area (Å²) in [4.78, 5) is 11.3. The third-order valence-electron chi connectivity index (χ3n) is 2.04. The highest BCUT2D eigenvalue weighted by atomic mass is 32.2. The molecule has 0 radical (unpaired) electrons. The molecule has 0 aliphatic heterocycles. The molecule has 0 fully saturated rings. The van der Waals surface area contributed by atoms with Crippen LogP contribution in [-0.2, 0) is 16.2 Å². The van der Waals surface area contributed by atoms with Gasteiger partial charge >= 0.3 is 0 Å². The van der Waals surface area contributed by atoms with E-state index in [4.69, 9.17) is 5.14 Å². The van der Waals surface area contributed by atoms with Crippen molar-refractivity contribution in [2.75, 3.05) is 6.54 Å². The number of amides is 1. The van der Waals surface area contributed by atoms with Crippen LogP contribution < -0.4 is 10.5 Å². The minimum atomic E-state index is -1.40. The van der Waals surface area contributed by atoms with Crippen LogP contribution in [0.3, 0.4) is 0 Å². The van der Waals surface area contributed by atoms with Gasteiger partial charge in [0.1, 0.15) is 0 Å². The Hall–Kier alpha value is -0.780. The molecule has 0 bridgehead atoms. The Morgan fingerprint density at radius 1 is 1.50 bits per heavy atom. The highest BCUT2D eigenvalue weighted by molar-refractivity contribution is 7.93. The highest BCUT2D eigenvalue weighted by Crippen LogP contribution is 2.12. The topological polar surface area (TPSA) is 78.2 Å². The Kier molecular flexibility index (Phi) is 8.99. The molecule has 0 heterocycles. The molecule has 0 rings (SSSR count). The lowest BCUT2D eigenvalue weighted by Gasteiger charge is -2.07. The normalized spacial score (nSPS) is 13.3. The van der Waals surface area contributed by atoms with Crippen molar-refractivity contribution in [1.29, 1.82) is 0 Å². The first-order chi connectivity index (χ1) is 7.57. The fourth-order valence-electron chi connectivity index (χ4n) is 1.25. The number of nitrogens with one attached hydrogen (secondary N) is 1. The van der Waals surface area contributed by atoms with Crippen molar-refractivity contribution in [1.82, 2.24) is 5.32 Å². The molecule has 92 valence electrons.